The minimum atomic E-state index is -4.50. The molecule has 0 atom stereocenters. The third-order valence-corrected chi connectivity index (χ3v) is 4.64. The summed E-state index contributed by atoms with van der Waals surface area (Å²) >= 11 is 0. The lowest BCUT2D eigenvalue weighted by molar-refractivity contribution is -0.137. The zero-order valence-electron chi connectivity index (χ0n) is 14.9. The SMILES string of the molecule is O=C(N=C1c2ccccc2CN1c1cccc(C(F)(F)F)c1)c1ccccc1F. The summed E-state index contributed by atoms with van der Waals surface area (Å²) in [6, 6.07) is 17.3. The van der Waals surface area contributed by atoms with Crippen LogP contribution in [0.1, 0.15) is 27.0 Å². The number of hydrogen-bond donors (Lipinski definition) is 0. The number of amides is 1. The number of alkyl halides is 3. The van der Waals surface area contributed by atoms with Crippen molar-refractivity contribution in [1.82, 2.24) is 0 Å². The lowest BCUT2D eigenvalue weighted by Crippen LogP contribution is -2.26. The summed E-state index contributed by atoms with van der Waals surface area (Å²) in [5, 5.41) is 0. The summed E-state index contributed by atoms with van der Waals surface area (Å²) in [7, 11) is 0. The molecule has 0 N–H and O–H groups in total. The van der Waals surface area contributed by atoms with Crippen LogP contribution < -0.4 is 4.90 Å². The number of nitrogens with zero attached hydrogens (tertiary/aromatic N) is 2. The van der Waals surface area contributed by atoms with Gasteiger partial charge in [0.05, 0.1) is 17.7 Å². The summed E-state index contributed by atoms with van der Waals surface area (Å²) < 4.78 is 53.4. The second-order valence-corrected chi connectivity index (χ2v) is 6.51. The van der Waals surface area contributed by atoms with Crippen molar-refractivity contribution >= 4 is 17.4 Å². The highest BCUT2D eigenvalue weighted by atomic mass is 19.4. The number of aliphatic imine (C=N–C) groups is 1. The predicted octanol–water partition coefficient (Wildman–Crippen LogP) is 5.45. The van der Waals surface area contributed by atoms with Crippen molar-refractivity contribution in [2.24, 2.45) is 4.99 Å². The second-order valence-electron chi connectivity index (χ2n) is 6.51. The average Bonchev–Trinajstić information content (AvgIpc) is 3.06. The molecule has 0 bridgehead atoms. The first-order valence-corrected chi connectivity index (χ1v) is 8.75. The molecule has 1 amide bonds. The number of fused-ring (bicyclic) bond motifs is 1. The molecule has 0 aliphatic carbocycles. The maximum atomic E-state index is 14.0. The molecule has 1 aliphatic rings. The molecule has 0 aromatic heterocycles. The fraction of sp³-hybridized carbons (Fsp3) is 0.0909. The van der Waals surface area contributed by atoms with Crippen molar-refractivity contribution in [2.75, 3.05) is 4.90 Å². The average molecular weight is 398 g/mol. The van der Waals surface area contributed by atoms with E-state index in [-0.39, 0.29) is 23.6 Å². The van der Waals surface area contributed by atoms with Gasteiger partial charge in [-0.2, -0.15) is 18.2 Å². The monoisotopic (exact) mass is 398 g/mol. The first-order chi connectivity index (χ1) is 13.8. The number of hydrogen-bond acceptors (Lipinski definition) is 1. The van der Waals surface area contributed by atoms with Crippen molar-refractivity contribution < 1.29 is 22.4 Å². The van der Waals surface area contributed by atoms with Crippen molar-refractivity contribution in [3.63, 3.8) is 0 Å². The van der Waals surface area contributed by atoms with E-state index >= 15 is 0 Å². The van der Waals surface area contributed by atoms with Gasteiger partial charge in [-0.1, -0.05) is 42.5 Å². The van der Waals surface area contributed by atoms with Gasteiger partial charge in [0.15, 0.2) is 0 Å². The Bertz CT molecular complexity index is 1120. The van der Waals surface area contributed by atoms with Gasteiger partial charge in [-0.05, 0) is 35.9 Å². The molecule has 3 aromatic rings. The third kappa shape index (κ3) is 3.63. The van der Waals surface area contributed by atoms with Crippen molar-refractivity contribution in [3.05, 3.63) is 101 Å². The Balaban J connectivity index is 1.81. The summed E-state index contributed by atoms with van der Waals surface area (Å²) in [6.07, 6.45) is -4.50. The second kappa shape index (κ2) is 7.16. The standard InChI is InChI=1S/C22H14F4N2O/c23-19-11-4-3-10-18(19)21(29)27-20-17-9-2-1-6-14(17)13-28(20)16-8-5-7-15(12-16)22(24,25)26/h1-12H,13H2. The first kappa shape index (κ1) is 18.9. The molecular weight excluding hydrogens is 384 g/mol. The molecule has 4 rings (SSSR count). The predicted molar refractivity (Wildman–Crippen MR) is 101 cm³/mol. The van der Waals surface area contributed by atoms with E-state index in [1.807, 2.05) is 6.07 Å². The molecule has 0 saturated carbocycles. The third-order valence-electron chi connectivity index (χ3n) is 4.64. The van der Waals surface area contributed by atoms with E-state index in [1.54, 1.807) is 18.2 Å². The van der Waals surface area contributed by atoms with Gasteiger partial charge in [-0.25, -0.2) is 4.39 Å². The number of carbonyl (C=O) groups is 1. The van der Waals surface area contributed by atoms with E-state index in [0.29, 0.717) is 5.56 Å². The summed E-state index contributed by atoms with van der Waals surface area (Å²) in [5.41, 5.74) is 0.676. The van der Waals surface area contributed by atoms with E-state index in [2.05, 4.69) is 4.99 Å². The van der Waals surface area contributed by atoms with E-state index < -0.39 is 23.5 Å². The maximum Gasteiger partial charge on any atom is 0.416 e. The fourth-order valence-corrected chi connectivity index (χ4v) is 3.24. The maximum absolute atomic E-state index is 14.0. The highest BCUT2D eigenvalue weighted by molar-refractivity contribution is 6.18. The number of benzene rings is 3. The van der Waals surface area contributed by atoms with Crippen LogP contribution in [0.4, 0.5) is 23.2 Å². The molecule has 3 aromatic carbocycles. The molecule has 0 radical (unpaired) electrons. The Kier molecular flexibility index (Phi) is 4.66. The minimum absolute atomic E-state index is 0.188. The van der Waals surface area contributed by atoms with Crippen molar-refractivity contribution in [3.8, 4) is 0 Å². The number of carbonyl (C=O) groups excluding carboxylic acids is 1. The quantitative estimate of drug-likeness (QED) is 0.538. The fourth-order valence-electron chi connectivity index (χ4n) is 3.24. The van der Waals surface area contributed by atoms with Gasteiger partial charge in [0.25, 0.3) is 5.91 Å². The normalized spacial score (nSPS) is 14.9. The zero-order chi connectivity index (χ0) is 20.6. The molecule has 0 saturated heterocycles. The Labute approximate surface area is 163 Å². The lowest BCUT2D eigenvalue weighted by Gasteiger charge is -2.20. The van der Waals surface area contributed by atoms with Crippen LogP contribution in [0.5, 0.6) is 0 Å². The van der Waals surface area contributed by atoms with Gasteiger partial charge in [-0.15, -0.1) is 0 Å². The van der Waals surface area contributed by atoms with Crippen LogP contribution in [0.15, 0.2) is 77.8 Å². The molecule has 0 fully saturated rings. The summed E-state index contributed by atoms with van der Waals surface area (Å²) in [5.74, 6) is -1.32. The number of anilines is 1. The van der Waals surface area contributed by atoms with Crippen LogP contribution in [-0.4, -0.2) is 11.7 Å². The summed E-state index contributed by atoms with van der Waals surface area (Å²) in [6.45, 7) is 0.251. The number of halogens is 4. The molecular formula is C22H14F4N2O. The highest BCUT2D eigenvalue weighted by Crippen LogP contribution is 2.34. The molecule has 0 unspecified atom stereocenters. The summed E-state index contributed by atoms with van der Waals surface area (Å²) in [4.78, 5) is 18.2. The van der Waals surface area contributed by atoms with Crippen LogP contribution >= 0.6 is 0 Å². The van der Waals surface area contributed by atoms with Gasteiger partial charge >= 0.3 is 6.18 Å². The first-order valence-electron chi connectivity index (χ1n) is 8.75. The van der Waals surface area contributed by atoms with Crippen LogP contribution in [0, 0.1) is 5.82 Å². The largest absolute Gasteiger partial charge is 0.416 e. The molecule has 146 valence electrons. The van der Waals surface area contributed by atoms with Gasteiger partial charge in [0.2, 0.25) is 0 Å². The minimum Gasteiger partial charge on any atom is -0.321 e. The van der Waals surface area contributed by atoms with E-state index in [9.17, 15) is 22.4 Å². The molecule has 29 heavy (non-hydrogen) atoms. The van der Waals surface area contributed by atoms with Gasteiger partial charge in [0.1, 0.15) is 11.7 Å². The van der Waals surface area contributed by atoms with Crippen LogP contribution in [0.25, 0.3) is 0 Å². The molecule has 0 spiro atoms. The van der Waals surface area contributed by atoms with Gasteiger partial charge in [-0.3, -0.25) is 4.79 Å². The molecule has 1 heterocycles. The van der Waals surface area contributed by atoms with Crippen LogP contribution in [0.2, 0.25) is 0 Å². The van der Waals surface area contributed by atoms with Gasteiger partial charge in [0, 0.05) is 11.3 Å². The van der Waals surface area contributed by atoms with E-state index in [4.69, 9.17) is 0 Å². The number of amidine groups is 1. The van der Waals surface area contributed by atoms with E-state index in [1.165, 1.54) is 35.2 Å². The Morgan fingerprint density at radius 3 is 2.41 bits per heavy atom. The zero-order valence-corrected chi connectivity index (χ0v) is 14.9. The number of rotatable bonds is 2. The molecule has 7 heteroatoms. The molecule has 3 nitrogen and oxygen atoms in total. The highest BCUT2D eigenvalue weighted by Gasteiger charge is 2.33. The Hall–Kier alpha value is -3.48. The topological polar surface area (TPSA) is 32.7 Å². The van der Waals surface area contributed by atoms with Crippen molar-refractivity contribution in [1.29, 1.82) is 0 Å². The van der Waals surface area contributed by atoms with E-state index in [0.717, 1.165) is 23.8 Å². The smallest absolute Gasteiger partial charge is 0.321 e. The van der Waals surface area contributed by atoms with Crippen molar-refractivity contribution in [2.45, 2.75) is 12.7 Å². The molecule has 1 aliphatic heterocycles. The Morgan fingerprint density at radius 1 is 0.931 bits per heavy atom. The van der Waals surface area contributed by atoms with Crippen LogP contribution in [-0.2, 0) is 12.7 Å². The van der Waals surface area contributed by atoms with Crippen LogP contribution in [0.3, 0.4) is 0 Å². The van der Waals surface area contributed by atoms with Gasteiger partial charge < -0.3 is 4.90 Å². The Morgan fingerprint density at radius 2 is 1.66 bits per heavy atom. The lowest BCUT2D eigenvalue weighted by atomic mass is 10.1.